The summed E-state index contributed by atoms with van der Waals surface area (Å²) < 4.78 is 7.06. The number of methoxy groups -OCH3 is 1. The average Bonchev–Trinajstić information content (AvgIpc) is 2.95. The number of hydrogen-bond acceptors (Lipinski definition) is 3. The van der Waals surface area contributed by atoms with Crippen LogP contribution in [-0.4, -0.2) is 41.3 Å². The van der Waals surface area contributed by atoms with Gasteiger partial charge in [-0.3, -0.25) is 4.79 Å². The summed E-state index contributed by atoms with van der Waals surface area (Å²) in [6, 6.07) is 6.72. The number of carboxylic acid groups (broad SMARTS) is 1. The van der Waals surface area contributed by atoms with Gasteiger partial charge in [0, 0.05) is 30.8 Å². The van der Waals surface area contributed by atoms with Gasteiger partial charge in [-0.05, 0) is 12.5 Å². The molecule has 0 aliphatic heterocycles. The van der Waals surface area contributed by atoms with Crippen molar-refractivity contribution in [2.24, 2.45) is 0 Å². The van der Waals surface area contributed by atoms with Crippen LogP contribution in [0.3, 0.4) is 0 Å². The van der Waals surface area contributed by atoms with Gasteiger partial charge >= 0.3 is 5.97 Å². The van der Waals surface area contributed by atoms with Crippen molar-refractivity contribution in [1.29, 1.82) is 0 Å². The molecule has 130 valence electrons. The summed E-state index contributed by atoms with van der Waals surface area (Å²) in [6.07, 6.45) is 3.83. The third kappa shape index (κ3) is 4.14. The topological polar surface area (TPSA) is 80.6 Å². The predicted molar refractivity (Wildman–Crippen MR) is 92.2 cm³/mol. The van der Waals surface area contributed by atoms with Crippen LogP contribution in [0.25, 0.3) is 10.9 Å². The standard InChI is InChI=1S/C18H24N2O4/c1-3-4-8-15(18(22)23)19-17(21)14-12-20(10-11-24-2)16-9-6-5-7-13(14)16/h5-7,9,12,15H,3-4,8,10-11H2,1-2H3,(H,19,21)(H,22,23). The number of fused-ring (bicyclic) bond motifs is 1. The molecule has 2 N–H and O–H groups in total. The zero-order chi connectivity index (χ0) is 17.5. The van der Waals surface area contributed by atoms with Crippen LogP contribution in [0.2, 0.25) is 0 Å². The SMILES string of the molecule is CCCCC(NC(=O)c1cn(CCOC)c2ccccc12)C(=O)O. The van der Waals surface area contributed by atoms with Crippen LogP contribution >= 0.6 is 0 Å². The molecule has 2 rings (SSSR count). The third-order valence-electron chi connectivity index (χ3n) is 4.02. The van der Waals surface area contributed by atoms with Crippen LogP contribution in [0.5, 0.6) is 0 Å². The van der Waals surface area contributed by atoms with Crippen LogP contribution in [0.15, 0.2) is 30.5 Å². The fraction of sp³-hybridized carbons (Fsp3) is 0.444. The summed E-state index contributed by atoms with van der Waals surface area (Å²) in [5, 5.41) is 12.8. The summed E-state index contributed by atoms with van der Waals surface area (Å²) in [5.74, 6) is -1.36. The monoisotopic (exact) mass is 332 g/mol. The van der Waals surface area contributed by atoms with Crippen LogP contribution in [-0.2, 0) is 16.1 Å². The van der Waals surface area contributed by atoms with Crippen LogP contribution in [0.1, 0.15) is 36.5 Å². The van der Waals surface area contributed by atoms with E-state index in [9.17, 15) is 14.7 Å². The number of carboxylic acids is 1. The van der Waals surface area contributed by atoms with E-state index in [0.29, 0.717) is 25.1 Å². The molecule has 1 heterocycles. The lowest BCUT2D eigenvalue weighted by atomic mass is 10.1. The minimum Gasteiger partial charge on any atom is -0.480 e. The second-order valence-corrected chi connectivity index (χ2v) is 5.75. The molecule has 0 spiro atoms. The number of nitrogens with one attached hydrogen (secondary N) is 1. The Bertz CT molecular complexity index is 708. The van der Waals surface area contributed by atoms with Crippen molar-refractivity contribution in [3.05, 3.63) is 36.0 Å². The molecule has 0 bridgehead atoms. The van der Waals surface area contributed by atoms with E-state index in [1.54, 1.807) is 13.3 Å². The first-order valence-corrected chi connectivity index (χ1v) is 8.19. The number of benzene rings is 1. The normalized spacial score (nSPS) is 12.2. The number of aliphatic carboxylic acids is 1. The molecule has 0 aliphatic rings. The summed E-state index contributed by atoms with van der Waals surface area (Å²) in [6.45, 7) is 3.15. The van der Waals surface area contributed by atoms with Gasteiger partial charge in [0.15, 0.2) is 0 Å². The molecule has 2 aromatic rings. The second-order valence-electron chi connectivity index (χ2n) is 5.75. The molecule has 1 aromatic carbocycles. The molecule has 24 heavy (non-hydrogen) atoms. The van der Waals surface area contributed by atoms with Crippen molar-refractivity contribution in [2.75, 3.05) is 13.7 Å². The summed E-state index contributed by atoms with van der Waals surface area (Å²) in [4.78, 5) is 24.0. The summed E-state index contributed by atoms with van der Waals surface area (Å²) in [7, 11) is 1.63. The molecule has 0 radical (unpaired) electrons. The van der Waals surface area contributed by atoms with Crippen LogP contribution in [0, 0.1) is 0 Å². The zero-order valence-corrected chi connectivity index (χ0v) is 14.1. The third-order valence-corrected chi connectivity index (χ3v) is 4.02. The van der Waals surface area contributed by atoms with Crippen molar-refractivity contribution in [3.8, 4) is 0 Å². The fourth-order valence-corrected chi connectivity index (χ4v) is 2.70. The summed E-state index contributed by atoms with van der Waals surface area (Å²) in [5.41, 5.74) is 1.42. The van der Waals surface area contributed by atoms with Gasteiger partial charge in [-0.2, -0.15) is 0 Å². The quantitative estimate of drug-likeness (QED) is 0.740. The van der Waals surface area contributed by atoms with Crippen molar-refractivity contribution in [1.82, 2.24) is 9.88 Å². The molecule has 1 aromatic heterocycles. The molecule has 1 amide bonds. The van der Waals surface area contributed by atoms with Gasteiger partial charge in [0.2, 0.25) is 0 Å². The van der Waals surface area contributed by atoms with E-state index >= 15 is 0 Å². The molecule has 0 aliphatic carbocycles. The number of para-hydroxylation sites is 1. The molecule has 6 nitrogen and oxygen atoms in total. The fourth-order valence-electron chi connectivity index (χ4n) is 2.70. The molecule has 0 saturated heterocycles. The van der Waals surface area contributed by atoms with E-state index in [1.165, 1.54) is 0 Å². The first-order chi connectivity index (χ1) is 11.6. The zero-order valence-electron chi connectivity index (χ0n) is 14.1. The highest BCUT2D eigenvalue weighted by molar-refractivity contribution is 6.07. The maximum absolute atomic E-state index is 12.6. The number of unbranched alkanes of at least 4 members (excludes halogenated alkanes) is 1. The van der Waals surface area contributed by atoms with Crippen molar-refractivity contribution < 1.29 is 19.4 Å². The van der Waals surface area contributed by atoms with Crippen LogP contribution < -0.4 is 5.32 Å². The number of carbonyl (C=O) groups is 2. The van der Waals surface area contributed by atoms with Crippen LogP contribution in [0.4, 0.5) is 0 Å². The lowest BCUT2D eigenvalue weighted by Gasteiger charge is -2.13. The Labute approximate surface area is 141 Å². The van der Waals surface area contributed by atoms with Gasteiger partial charge in [0.1, 0.15) is 6.04 Å². The molecule has 0 fully saturated rings. The van der Waals surface area contributed by atoms with Gasteiger partial charge in [-0.1, -0.05) is 38.0 Å². The molecular formula is C18H24N2O4. The Morgan fingerprint density at radius 3 is 2.75 bits per heavy atom. The van der Waals surface area contributed by atoms with E-state index in [2.05, 4.69) is 5.32 Å². The molecule has 1 atom stereocenters. The Kier molecular flexibility index (Phi) is 6.37. The Morgan fingerprint density at radius 2 is 2.08 bits per heavy atom. The number of carbonyl (C=O) groups excluding carboxylic acids is 1. The average molecular weight is 332 g/mol. The largest absolute Gasteiger partial charge is 0.480 e. The van der Waals surface area contributed by atoms with Gasteiger partial charge in [-0.15, -0.1) is 0 Å². The second kappa shape index (κ2) is 8.49. The van der Waals surface area contributed by atoms with Gasteiger partial charge in [0.25, 0.3) is 5.91 Å². The van der Waals surface area contributed by atoms with Gasteiger partial charge < -0.3 is 19.7 Å². The van der Waals surface area contributed by atoms with E-state index in [4.69, 9.17) is 4.74 Å². The van der Waals surface area contributed by atoms with E-state index in [0.717, 1.165) is 23.7 Å². The lowest BCUT2D eigenvalue weighted by Crippen LogP contribution is -2.40. The molecular weight excluding hydrogens is 308 g/mol. The highest BCUT2D eigenvalue weighted by atomic mass is 16.5. The van der Waals surface area contributed by atoms with Gasteiger partial charge in [-0.25, -0.2) is 4.79 Å². The molecule has 6 heteroatoms. The smallest absolute Gasteiger partial charge is 0.326 e. The number of nitrogens with zero attached hydrogens (tertiary/aromatic N) is 1. The first-order valence-electron chi connectivity index (χ1n) is 8.19. The highest BCUT2D eigenvalue weighted by Crippen LogP contribution is 2.21. The Morgan fingerprint density at radius 1 is 1.33 bits per heavy atom. The van der Waals surface area contributed by atoms with Crippen molar-refractivity contribution in [2.45, 2.75) is 38.8 Å². The number of amides is 1. The number of rotatable bonds is 9. The maximum atomic E-state index is 12.6. The van der Waals surface area contributed by atoms with Gasteiger partial charge in [0.05, 0.1) is 12.2 Å². The minimum atomic E-state index is -1.00. The number of hydrogen-bond donors (Lipinski definition) is 2. The predicted octanol–water partition coefficient (Wildman–Crippen LogP) is 2.66. The number of aromatic nitrogens is 1. The maximum Gasteiger partial charge on any atom is 0.326 e. The molecule has 0 saturated carbocycles. The highest BCUT2D eigenvalue weighted by Gasteiger charge is 2.22. The first kappa shape index (κ1) is 18.0. The van der Waals surface area contributed by atoms with Crippen molar-refractivity contribution in [3.63, 3.8) is 0 Å². The van der Waals surface area contributed by atoms with Crippen molar-refractivity contribution >= 4 is 22.8 Å². The van der Waals surface area contributed by atoms with E-state index < -0.39 is 12.0 Å². The summed E-state index contributed by atoms with van der Waals surface area (Å²) >= 11 is 0. The number of ether oxygens (including phenoxy) is 1. The minimum absolute atomic E-state index is 0.356. The van der Waals surface area contributed by atoms with E-state index in [-0.39, 0.29) is 5.91 Å². The lowest BCUT2D eigenvalue weighted by molar-refractivity contribution is -0.139. The van der Waals surface area contributed by atoms with E-state index in [1.807, 2.05) is 35.8 Å². The molecule has 1 unspecified atom stereocenters. The Hall–Kier alpha value is -2.34. The Balaban J connectivity index is 2.26.